The normalized spacial score (nSPS) is 11.5. The summed E-state index contributed by atoms with van der Waals surface area (Å²) in [4.78, 5) is 6.06. The van der Waals surface area contributed by atoms with Crippen LogP contribution in [0, 0.1) is 0 Å². The molecule has 0 bridgehead atoms. The van der Waals surface area contributed by atoms with E-state index in [2.05, 4.69) is 55.2 Å². The van der Waals surface area contributed by atoms with Crippen LogP contribution in [0.15, 0.2) is 29.3 Å². The van der Waals surface area contributed by atoms with Crippen LogP contribution >= 0.6 is 0 Å². The summed E-state index contributed by atoms with van der Waals surface area (Å²) in [7, 11) is 5.91. The van der Waals surface area contributed by atoms with Crippen molar-refractivity contribution in [1.29, 1.82) is 0 Å². The Morgan fingerprint density at radius 1 is 1.31 bits per heavy atom. The van der Waals surface area contributed by atoms with Crippen LogP contribution in [0.1, 0.15) is 18.1 Å². The fraction of sp³-hybridized carbons (Fsp3) is 0.357. The molecule has 0 heterocycles. The maximum Gasteiger partial charge on any atom is 0.0364 e. The molecule has 0 amide bonds. The highest BCUT2D eigenvalue weighted by Crippen LogP contribution is 2.19. The van der Waals surface area contributed by atoms with E-state index in [1.54, 1.807) is 13.3 Å². The summed E-state index contributed by atoms with van der Waals surface area (Å²) in [5.41, 5.74) is 3.89. The van der Waals surface area contributed by atoms with Gasteiger partial charge in [0, 0.05) is 33.0 Å². The molecule has 0 fully saturated rings. The van der Waals surface area contributed by atoms with E-state index in [4.69, 9.17) is 0 Å². The Labute approximate surface area is 98.3 Å². The van der Waals surface area contributed by atoms with Gasteiger partial charge in [0.15, 0.2) is 0 Å². The van der Waals surface area contributed by atoms with Crippen molar-refractivity contribution in [3.63, 3.8) is 0 Å². The lowest BCUT2D eigenvalue weighted by Crippen LogP contribution is -2.09. The lowest BCUT2D eigenvalue weighted by atomic mass is 10.0. The lowest BCUT2D eigenvalue weighted by Gasteiger charge is -2.14. The average Bonchev–Trinajstić information content (AvgIpc) is 2.29. The van der Waals surface area contributed by atoms with Crippen molar-refractivity contribution >= 4 is 18.0 Å². The zero-order chi connectivity index (χ0) is 12.0. The third-order valence-electron chi connectivity index (χ3n) is 2.53. The summed E-state index contributed by atoms with van der Waals surface area (Å²) < 4.78 is 0. The van der Waals surface area contributed by atoms with Crippen LogP contribution in [0.25, 0.3) is 6.08 Å². The van der Waals surface area contributed by atoms with Crippen molar-refractivity contribution < 1.29 is 0 Å². The quantitative estimate of drug-likeness (QED) is 0.706. The Hall–Kier alpha value is -1.57. The van der Waals surface area contributed by atoms with Crippen LogP contribution in [0.2, 0.25) is 0 Å². The van der Waals surface area contributed by atoms with Gasteiger partial charge in [0.1, 0.15) is 0 Å². The molecular formula is C14H20N2. The molecule has 0 aliphatic rings. The van der Waals surface area contributed by atoms with Gasteiger partial charge in [-0.15, -0.1) is 0 Å². The van der Waals surface area contributed by atoms with Gasteiger partial charge in [0.05, 0.1) is 0 Å². The molecule has 0 spiro atoms. The van der Waals surface area contributed by atoms with Crippen LogP contribution < -0.4 is 4.90 Å². The summed E-state index contributed by atoms with van der Waals surface area (Å²) in [5, 5.41) is 0. The first-order valence-electron chi connectivity index (χ1n) is 5.58. The number of aliphatic imine (C=N–C) groups is 1. The van der Waals surface area contributed by atoms with Crippen LogP contribution in [0.4, 0.5) is 5.69 Å². The van der Waals surface area contributed by atoms with Crippen molar-refractivity contribution in [2.75, 3.05) is 26.0 Å². The lowest BCUT2D eigenvalue weighted by molar-refractivity contribution is 1.09. The van der Waals surface area contributed by atoms with E-state index in [9.17, 15) is 0 Å². The first-order chi connectivity index (χ1) is 7.69. The summed E-state index contributed by atoms with van der Waals surface area (Å²) in [6.07, 6.45) is 6.93. The van der Waals surface area contributed by atoms with Crippen molar-refractivity contribution in [2.24, 2.45) is 4.99 Å². The van der Waals surface area contributed by atoms with E-state index in [0.717, 1.165) is 6.42 Å². The Morgan fingerprint density at radius 3 is 2.62 bits per heavy atom. The third-order valence-corrected chi connectivity index (χ3v) is 2.53. The first-order valence-corrected chi connectivity index (χ1v) is 5.58. The zero-order valence-electron chi connectivity index (χ0n) is 10.6. The van der Waals surface area contributed by atoms with Crippen molar-refractivity contribution in [1.82, 2.24) is 0 Å². The molecule has 0 aliphatic heterocycles. The van der Waals surface area contributed by atoms with Gasteiger partial charge in [-0.05, 0) is 35.8 Å². The van der Waals surface area contributed by atoms with E-state index >= 15 is 0 Å². The SMILES string of the molecule is CCc1cc(N(C)C)ccc1C=CC=NC. The van der Waals surface area contributed by atoms with E-state index in [-0.39, 0.29) is 0 Å². The number of hydrogen-bond donors (Lipinski definition) is 0. The molecule has 0 N–H and O–H groups in total. The summed E-state index contributed by atoms with van der Waals surface area (Å²) >= 11 is 0. The molecule has 0 saturated heterocycles. The summed E-state index contributed by atoms with van der Waals surface area (Å²) in [6, 6.07) is 6.54. The average molecular weight is 216 g/mol. The minimum atomic E-state index is 1.05. The Morgan fingerprint density at radius 2 is 2.06 bits per heavy atom. The van der Waals surface area contributed by atoms with Gasteiger partial charge in [-0.3, -0.25) is 4.99 Å². The number of allylic oxidation sites excluding steroid dienone is 1. The second kappa shape index (κ2) is 6.11. The van der Waals surface area contributed by atoms with Gasteiger partial charge < -0.3 is 4.90 Å². The molecule has 0 radical (unpaired) electrons. The Balaban J connectivity index is 3.02. The smallest absolute Gasteiger partial charge is 0.0364 e. The van der Waals surface area contributed by atoms with Gasteiger partial charge in [-0.1, -0.05) is 19.1 Å². The van der Waals surface area contributed by atoms with E-state index < -0.39 is 0 Å². The standard InChI is InChI=1S/C14H20N2/c1-5-12-11-14(16(3)4)9-8-13(12)7-6-10-15-2/h6-11H,5H2,1-4H3. The fourth-order valence-electron chi connectivity index (χ4n) is 1.57. The van der Waals surface area contributed by atoms with Gasteiger partial charge >= 0.3 is 0 Å². The molecule has 2 nitrogen and oxygen atoms in total. The van der Waals surface area contributed by atoms with E-state index in [0.29, 0.717) is 0 Å². The minimum Gasteiger partial charge on any atom is -0.378 e. The fourth-order valence-corrected chi connectivity index (χ4v) is 1.57. The molecule has 0 unspecified atom stereocenters. The van der Waals surface area contributed by atoms with Crippen LogP contribution in [-0.4, -0.2) is 27.4 Å². The molecule has 0 aromatic heterocycles. The molecule has 0 atom stereocenters. The monoisotopic (exact) mass is 216 g/mol. The molecule has 0 saturated carbocycles. The maximum atomic E-state index is 3.93. The number of nitrogens with zero attached hydrogens (tertiary/aromatic N) is 2. The molecule has 1 rings (SSSR count). The van der Waals surface area contributed by atoms with Crippen LogP contribution in [-0.2, 0) is 6.42 Å². The molecular weight excluding hydrogens is 196 g/mol. The van der Waals surface area contributed by atoms with E-state index in [1.165, 1.54) is 16.8 Å². The topological polar surface area (TPSA) is 15.6 Å². The predicted octanol–water partition coefficient (Wildman–Crippen LogP) is 3.03. The number of anilines is 1. The van der Waals surface area contributed by atoms with E-state index in [1.807, 2.05) is 6.08 Å². The van der Waals surface area contributed by atoms with Crippen LogP contribution in [0.3, 0.4) is 0 Å². The highest BCUT2D eigenvalue weighted by molar-refractivity contribution is 5.79. The highest BCUT2D eigenvalue weighted by Gasteiger charge is 2.00. The number of benzene rings is 1. The van der Waals surface area contributed by atoms with Crippen LogP contribution in [0.5, 0.6) is 0 Å². The maximum absolute atomic E-state index is 3.93. The molecule has 2 heteroatoms. The summed E-state index contributed by atoms with van der Waals surface area (Å²) in [5.74, 6) is 0. The molecule has 86 valence electrons. The van der Waals surface area contributed by atoms with Gasteiger partial charge in [0.2, 0.25) is 0 Å². The largest absolute Gasteiger partial charge is 0.378 e. The zero-order valence-corrected chi connectivity index (χ0v) is 10.6. The van der Waals surface area contributed by atoms with Gasteiger partial charge in [-0.2, -0.15) is 0 Å². The predicted molar refractivity (Wildman–Crippen MR) is 73.6 cm³/mol. The molecule has 16 heavy (non-hydrogen) atoms. The highest BCUT2D eigenvalue weighted by atomic mass is 15.1. The molecule has 1 aromatic carbocycles. The Kier molecular flexibility index (Phi) is 4.77. The second-order valence-corrected chi connectivity index (χ2v) is 3.90. The number of hydrogen-bond acceptors (Lipinski definition) is 2. The molecule has 0 aliphatic carbocycles. The third kappa shape index (κ3) is 3.23. The van der Waals surface area contributed by atoms with Gasteiger partial charge in [0.25, 0.3) is 0 Å². The summed E-state index contributed by atoms with van der Waals surface area (Å²) in [6.45, 7) is 2.18. The van der Waals surface area contributed by atoms with Crippen molar-refractivity contribution in [2.45, 2.75) is 13.3 Å². The minimum absolute atomic E-state index is 1.05. The molecule has 1 aromatic rings. The second-order valence-electron chi connectivity index (χ2n) is 3.90. The van der Waals surface area contributed by atoms with Crippen molar-refractivity contribution in [3.8, 4) is 0 Å². The van der Waals surface area contributed by atoms with Gasteiger partial charge in [-0.25, -0.2) is 0 Å². The number of rotatable bonds is 4. The number of aryl methyl sites for hydroxylation is 1. The van der Waals surface area contributed by atoms with Crippen molar-refractivity contribution in [3.05, 3.63) is 35.4 Å². The first kappa shape index (κ1) is 12.5. The Bertz CT molecular complexity index is 390.